The van der Waals surface area contributed by atoms with Crippen LogP contribution in [0, 0.1) is 26.7 Å². The smallest absolute Gasteiger partial charge is 0.125 e. The third-order valence-electron chi connectivity index (χ3n) is 3.18. The number of rotatable bonds is 6. The standard InChI is InChI=1S/C16H27NO/c1-11(2)9-17-10-14(5)18-16-13(4)8-7-12(3)15(16)6/h7-8,11,14,17H,9-10H2,1-6H3. The van der Waals surface area contributed by atoms with Crippen molar-refractivity contribution in [1.82, 2.24) is 5.32 Å². The van der Waals surface area contributed by atoms with Crippen LogP contribution >= 0.6 is 0 Å². The van der Waals surface area contributed by atoms with Gasteiger partial charge >= 0.3 is 0 Å². The molecule has 0 amide bonds. The first-order valence-electron chi connectivity index (χ1n) is 6.86. The second-order valence-electron chi connectivity index (χ2n) is 5.63. The highest BCUT2D eigenvalue weighted by Crippen LogP contribution is 2.26. The summed E-state index contributed by atoms with van der Waals surface area (Å²) >= 11 is 0. The molecule has 0 aliphatic heterocycles. The first-order chi connectivity index (χ1) is 8.41. The van der Waals surface area contributed by atoms with Gasteiger partial charge in [-0.1, -0.05) is 26.0 Å². The Hall–Kier alpha value is -1.02. The van der Waals surface area contributed by atoms with E-state index < -0.39 is 0 Å². The predicted molar refractivity (Wildman–Crippen MR) is 78.5 cm³/mol. The molecular weight excluding hydrogens is 222 g/mol. The van der Waals surface area contributed by atoms with Gasteiger partial charge in [0, 0.05) is 6.54 Å². The summed E-state index contributed by atoms with van der Waals surface area (Å²) < 4.78 is 6.08. The first-order valence-corrected chi connectivity index (χ1v) is 6.86. The van der Waals surface area contributed by atoms with Gasteiger partial charge in [-0.05, 0) is 56.8 Å². The molecule has 102 valence electrons. The van der Waals surface area contributed by atoms with Gasteiger partial charge in [0.15, 0.2) is 0 Å². The average molecular weight is 249 g/mol. The van der Waals surface area contributed by atoms with Crippen LogP contribution in [0.4, 0.5) is 0 Å². The van der Waals surface area contributed by atoms with Gasteiger partial charge in [0.2, 0.25) is 0 Å². The second-order valence-corrected chi connectivity index (χ2v) is 5.63. The molecule has 18 heavy (non-hydrogen) atoms. The lowest BCUT2D eigenvalue weighted by atomic mass is 10.1. The Morgan fingerprint density at radius 3 is 2.22 bits per heavy atom. The Morgan fingerprint density at radius 2 is 1.61 bits per heavy atom. The summed E-state index contributed by atoms with van der Waals surface area (Å²) in [4.78, 5) is 0. The van der Waals surface area contributed by atoms with Gasteiger partial charge in [-0.15, -0.1) is 0 Å². The van der Waals surface area contributed by atoms with Crippen molar-refractivity contribution in [2.75, 3.05) is 13.1 Å². The number of aryl methyl sites for hydroxylation is 2. The summed E-state index contributed by atoms with van der Waals surface area (Å²) in [6, 6.07) is 4.28. The van der Waals surface area contributed by atoms with E-state index in [1.807, 2.05) is 0 Å². The topological polar surface area (TPSA) is 21.3 Å². The largest absolute Gasteiger partial charge is 0.489 e. The fourth-order valence-corrected chi connectivity index (χ4v) is 1.92. The van der Waals surface area contributed by atoms with E-state index in [4.69, 9.17) is 4.74 Å². The number of benzene rings is 1. The molecule has 0 spiro atoms. The number of hydrogen-bond acceptors (Lipinski definition) is 2. The molecule has 1 N–H and O–H groups in total. The van der Waals surface area contributed by atoms with Crippen molar-refractivity contribution in [1.29, 1.82) is 0 Å². The normalized spacial score (nSPS) is 12.8. The molecule has 0 saturated carbocycles. The van der Waals surface area contributed by atoms with E-state index >= 15 is 0 Å². The fraction of sp³-hybridized carbons (Fsp3) is 0.625. The molecule has 0 bridgehead atoms. The van der Waals surface area contributed by atoms with Gasteiger partial charge in [0.05, 0.1) is 0 Å². The minimum Gasteiger partial charge on any atom is -0.489 e. The van der Waals surface area contributed by atoms with Crippen molar-refractivity contribution >= 4 is 0 Å². The molecule has 0 radical (unpaired) electrons. The van der Waals surface area contributed by atoms with Crippen molar-refractivity contribution in [3.63, 3.8) is 0 Å². The molecule has 0 saturated heterocycles. The van der Waals surface area contributed by atoms with Crippen molar-refractivity contribution < 1.29 is 4.74 Å². The molecule has 1 aromatic rings. The zero-order chi connectivity index (χ0) is 13.7. The molecule has 0 heterocycles. The van der Waals surface area contributed by atoms with Crippen LogP contribution in [-0.2, 0) is 0 Å². The SMILES string of the molecule is Cc1ccc(C)c(OC(C)CNCC(C)C)c1C. The Kier molecular flexibility index (Phi) is 5.67. The summed E-state index contributed by atoms with van der Waals surface area (Å²) in [5.74, 6) is 1.73. The number of hydrogen-bond donors (Lipinski definition) is 1. The fourth-order valence-electron chi connectivity index (χ4n) is 1.92. The summed E-state index contributed by atoms with van der Waals surface area (Å²) in [5, 5.41) is 3.43. The highest BCUT2D eigenvalue weighted by atomic mass is 16.5. The van der Waals surface area contributed by atoms with Crippen molar-refractivity contribution in [3.05, 3.63) is 28.8 Å². The molecule has 0 aromatic heterocycles. The van der Waals surface area contributed by atoms with Crippen LogP contribution in [0.15, 0.2) is 12.1 Å². The highest BCUT2D eigenvalue weighted by molar-refractivity contribution is 5.44. The average Bonchev–Trinajstić information content (AvgIpc) is 2.29. The summed E-state index contributed by atoms with van der Waals surface area (Å²) in [6.45, 7) is 14.9. The Morgan fingerprint density at radius 1 is 1.00 bits per heavy atom. The molecule has 2 nitrogen and oxygen atoms in total. The minimum absolute atomic E-state index is 0.197. The molecule has 0 aliphatic carbocycles. The van der Waals surface area contributed by atoms with Crippen LogP contribution in [0.25, 0.3) is 0 Å². The van der Waals surface area contributed by atoms with Gasteiger partial charge in [-0.3, -0.25) is 0 Å². The van der Waals surface area contributed by atoms with E-state index in [2.05, 4.69) is 59.0 Å². The van der Waals surface area contributed by atoms with E-state index in [9.17, 15) is 0 Å². The molecule has 2 heteroatoms. The molecule has 1 unspecified atom stereocenters. The van der Waals surface area contributed by atoms with E-state index in [-0.39, 0.29) is 6.10 Å². The predicted octanol–water partition coefficient (Wildman–Crippen LogP) is 3.62. The van der Waals surface area contributed by atoms with E-state index in [1.54, 1.807) is 0 Å². The molecule has 0 aliphatic rings. The van der Waals surface area contributed by atoms with Crippen LogP contribution in [0.2, 0.25) is 0 Å². The monoisotopic (exact) mass is 249 g/mol. The van der Waals surface area contributed by atoms with Crippen molar-refractivity contribution in [2.45, 2.75) is 47.6 Å². The van der Waals surface area contributed by atoms with Crippen LogP contribution in [0.5, 0.6) is 5.75 Å². The Balaban J connectivity index is 2.59. The Bertz CT molecular complexity index is 385. The summed E-state index contributed by atoms with van der Waals surface area (Å²) in [6.07, 6.45) is 0.197. The number of ether oxygens (including phenoxy) is 1. The third-order valence-corrected chi connectivity index (χ3v) is 3.18. The maximum absolute atomic E-state index is 6.08. The van der Waals surface area contributed by atoms with Crippen molar-refractivity contribution in [2.24, 2.45) is 5.92 Å². The highest BCUT2D eigenvalue weighted by Gasteiger charge is 2.10. The second kappa shape index (κ2) is 6.79. The van der Waals surface area contributed by atoms with Gasteiger partial charge in [0.25, 0.3) is 0 Å². The number of nitrogens with one attached hydrogen (secondary N) is 1. The minimum atomic E-state index is 0.197. The quantitative estimate of drug-likeness (QED) is 0.831. The lowest BCUT2D eigenvalue weighted by Crippen LogP contribution is -2.31. The zero-order valence-corrected chi connectivity index (χ0v) is 12.6. The van der Waals surface area contributed by atoms with Gasteiger partial charge in [-0.2, -0.15) is 0 Å². The Labute approximate surface area is 112 Å². The zero-order valence-electron chi connectivity index (χ0n) is 12.6. The molecule has 1 atom stereocenters. The van der Waals surface area contributed by atoms with Gasteiger partial charge in [0.1, 0.15) is 11.9 Å². The van der Waals surface area contributed by atoms with Crippen LogP contribution in [0.3, 0.4) is 0 Å². The molecule has 1 rings (SSSR count). The summed E-state index contributed by atoms with van der Waals surface area (Å²) in [7, 11) is 0. The van der Waals surface area contributed by atoms with E-state index in [0.29, 0.717) is 5.92 Å². The summed E-state index contributed by atoms with van der Waals surface area (Å²) in [5.41, 5.74) is 3.76. The van der Waals surface area contributed by atoms with E-state index in [1.165, 1.54) is 16.7 Å². The van der Waals surface area contributed by atoms with Gasteiger partial charge in [-0.25, -0.2) is 0 Å². The van der Waals surface area contributed by atoms with Crippen LogP contribution < -0.4 is 10.1 Å². The van der Waals surface area contributed by atoms with E-state index in [0.717, 1.165) is 18.8 Å². The lowest BCUT2D eigenvalue weighted by Gasteiger charge is -2.20. The third kappa shape index (κ3) is 4.34. The maximum Gasteiger partial charge on any atom is 0.125 e. The van der Waals surface area contributed by atoms with Crippen LogP contribution in [-0.4, -0.2) is 19.2 Å². The van der Waals surface area contributed by atoms with Crippen molar-refractivity contribution in [3.8, 4) is 5.75 Å². The first kappa shape index (κ1) is 15.0. The van der Waals surface area contributed by atoms with Gasteiger partial charge < -0.3 is 10.1 Å². The lowest BCUT2D eigenvalue weighted by molar-refractivity contribution is 0.212. The van der Waals surface area contributed by atoms with Crippen LogP contribution in [0.1, 0.15) is 37.5 Å². The molecule has 0 fully saturated rings. The molecular formula is C16H27NO. The maximum atomic E-state index is 6.08. The molecule has 1 aromatic carbocycles.